The molecule has 0 aromatic carbocycles. The Morgan fingerprint density at radius 1 is 1.27 bits per heavy atom. The Hall–Kier alpha value is -2.65. The summed E-state index contributed by atoms with van der Waals surface area (Å²) in [5.74, 6) is -1.56. The molecule has 2 aromatic rings. The SMILES string of the molecule is Cc1cc(=O)[nH]c(-n2cc(C(=O)N3CCC(C(F)(F)F)CC3)c(C)n2)n1. The van der Waals surface area contributed by atoms with Crippen molar-refractivity contribution >= 4 is 5.91 Å². The molecule has 2 aromatic heterocycles. The quantitative estimate of drug-likeness (QED) is 0.877. The maximum Gasteiger partial charge on any atom is 0.391 e. The number of nitrogens with one attached hydrogen (secondary N) is 1. The average Bonchev–Trinajstić information content (AvgIpc) is 2.94. The second-order valence-electron chi connectivity index (χ2n) is 6.39. The van der Waals surface area contributed by atoms with Gasteiger partial charge in [-0.25, -0.2) is 9.67 Å². The van der Waals surface area contributed by atoms with Crippen LogP contribution in [-0.2, 0) is 0 Å². The molecule has 1 fully saturated rings. The molecule has 26 heavy (non-hydrogen) atoms. The van der Waals surface area contributed by atoms with Crippen molar-refractivity contribution in [1.29, 1.82) is 0 Å². The highest BCUT2D eigenvalue weighted by atomic mass is 19.4. The molecule has 0 spiro atoms. The predicted octanol–water partition coefficient (Wildman–Crippen LogP) is 1.99. The molecule has 3 heterocycles. The number of rotatable bonds is 2. The number of amides is 1. The summed E-state index contributed by atoms with van der Waals surface area (Å²) >= 11 is 0. The number of aromatic nitrogens is 4. The van der Waals surface area contributed by atoms with Crippen molar-refractivity contribution in [3.8, 4) is 5.95 Å². The Labute approximate surface area is 146 Å². The molecule has 0 saturated carbocycles. The van der Waals surface area contributed by atoms with E-state index in [0.717, 1.165) is 0 Å². The highest BCUT2D eigenvalue weighted by molar-refractivity contribution is 5.95. The molecular weight excluding hydrogens is 351 g/mol. The molecule has 10 heteroatoms. The van der Waals surface area contributed by atoms with Crippen LogP contribution >= 0.6 is 0 Å². The number of hydrogen-bond donors (Lipinski definition) is 1. The summed E-state index contributed by atoms with van der Waals surface area (Å²) in [6.07, 6.45) is -2.99. The first-order chi connectivity index (χ1) is 12.1. The smallest absolute Gasteiger partial charge is 0.339 e. The fraction of sp³-hybridized carbons (Fsp3) is 0.500. The van der Waals surface area contributed by atoms with Crippen LogP contribution in [0.15, 0.2) is 17.1 Å². The Morgan fingerprint density at radius 2 is 1.92 bits per heavy atom. The minimum absolute atomic E-state index is 0.0488. The van der Waals surface area contributed by atoms with Crippen LogP contribution in [0, 0.1) is 19.8 Å². The molecule has 0 bridgehead atoms. The lowest BCUT2D eigenvalue weighted by molar-refractivity contribution is -0.183. The van der Waals surface area contributed by atoms with Crippen LogP contribution in [0.1, 0.15) is 34.6 Å². The van der Waals surface area contributed by atoms with Gasteiger partial charge < -0.3 is 4.90 Å². The Morgan fingerprint density at radius 3 is 2.50 bits per heavy atom. The molecule has 1 N–H and O–H groups in total. The van der Waals surface area contributed by atoms with E-state index in [1.54, 1.807) is 13.8 Å². The van der Waals surface area contributed by atoms with Crippen molar-refractivity contribution in [3.63, 3.8) is 0 Å². The summed E-state index contributed by atoms with van der Waals surface area (Å²) in [6.45, 7) is 3.38. The highest BCUT2D eigenvalue weighted by Gasteiger charge is 2.42. The zero-order chi connectivity index (χ0) is 19.1. The number of aromatic amines is 1. The average molecular weight is 369 g/mol. The summed E-state index contributed by atoms with van der Waals surface area (Å²) in [7, 11) is 0. The number of hydrogen-bond acceptors (Lipinski definition) is 4. The van der Waals surface area contributed by atoms with Crippen LogP contribution in [0.4, 0.5) is 13.2 Å². The minimum atomic E-state index is -4.22. The first kappa shape index (κ1) is 18.2. The molecule has 0 radical (unpaired) electrons. The van der Waals surface area contributed by atoms with Crippen LogP contribution in [0.5, 0.6) is 0 Å². The fourth-order valence-corrected chi connectivity index (χ4v) is 3.03. The standard InChI is InChI=1S/C16H18F3N5O2/c1-9-7-13(25)21-15(20-9)24-8-12(10(2)22-24)14(26)23-5-3-11(4-6-23)16(17,18)19/h7-8,11H,3-6H2,1-2H3,(H,20,21,25). The van der Waals surface area contributed by atoms with Crippen molar-refractivity contribution in [2.75, 3.05) is 13.1 Å². The zero-order valence-corrected chi connectivity index (χ0v) is 14.3. The van der Waals surface area contributed by atoms with E-state index in [1.807, 2.05) is 0 Å². The number of likely N-dealkylation sites (tertiary alicyclic amines) is 1. The molecule has 0 unspecified atom stereocenters. The molecule has 0 aliphatic carbocycles. The summed E-state index contributed by atoms with van der Waals surface area (Å²) < 4.78 is 39.6. The van der Waals surface area contributed by atoms with E-state index in [9.17, 15) is 22.8 Å². The lowest BCUT2D eigenvalue weighted by Gasteiger charge is -2.32. The monoisotopic (exact) mass is 369 g/mol. The van der Waals surface area contributed by atoms with E-state index in [2.05, 4.69) is 15.1 Å². The summed E-state index contributed by atoms with van der Waals surface area (Å²) in [5.41, 5.74) is 0.846. The van der Waals surface area contributed by atoms with Crippen LogP contribution < -0.4 is 5.56 Å². The van der Waals surface area contributed by atoms with Crippen molar-refractivity contribution in [2.45, 2.75) is 32.9 Å². The van der Waals surface area contributed by atoms with Crippen molar-refractivity contribution in [3.05, 3.63) is 39.6 Å². The number of nitrogens with zero attached hydrogens (tertiary/aromatic N) is 4. The fourth-order valence-electron chi connectivity index (χ4n) is 3.03. The van der Waals surface area contributed by atoms with E-state index < -0.39 is 12.1 Å². The lowest BCUT2D eigenvalue weighted by atomic mass is 9.96. The summed E-state index contributed by atoms with van der Waals surface area (Å²) in [6, 6.07) is 1.33. The van der Waals surface area contributed by atoms with E-state index in [4.69, 9.17) is 0 Å². The van der Waals surface area contributed by atoms with E-state index in [-0.39, 0.29) is 48.9 Å². The van der Waals surface area contributed by atoms with Crippen molar-refractivity contribution < 1.29 is 18.0 Å². The van der Waals surface area contributed by atoms with Gasteiger partial charge in [0.2, 0.25) is 5.95 Å². The maximum absolute atomic E-state index is 12.8. The molecule has 1 aliphatic rings. The molecular formula is C16H18F3N5O2. The Kier molecular flexibility index (Phi) is 4.59. The molecule has 0 atom stereocenters. The van der Waals surface area contributed by atoms with Crippen molar-refractivity contribution in [1.82, 2.24) is 24.6 Å². The number of piperidine rings is 1. The third kappa shape index (κ3) is 3.63. The molecule has 1 amide bonds. The van der Waals surface area contributed by atoms with Crippen LogP contribution in [-0.4, -0.2) is 49.8 Å². The number of alkyl halides is 3. The van der Waals surface area contributed by atoms with Gasteiger partial charge in [-0.1, -0.05) is 0 Å². The number of carbonyl (C=O) groups excluding carboxylic acids is 1. The lowest BCUT2D eigenvalue weighted by Crippen LogP contribution is -2.42. The summed E-state index contributed by atoms with van der Waals surface area (Å²) in [4.78, 5) is 32.3. The molecule has 7 nitrogen and oxygen atoms in total. The number of aryl methyl sites for hydroxylation is 2. The molecule has 1 aliphatic heterocycles. The van der Waals surface area contributed by atoms with Gasteiger partial charge in [-0.2, -0.15) is 18.3 Å². The van der Waals surface area contributed by atoms with E-state index >= 15 is 0 Å². The summed E-state index contributed by atoms with van der Waals surface area (Å²) in [5, 5.41) is 4.19. The second-order valence-corrected chi connectivity index (χ2v) is 6.39. The van der Waals surface area contributed by atoms with Gasteiger partial charge in [0.15, 0.2) is 0 Å². The predicted molar refractivity (Wildman–Crippen MR) is 86.1 cm³/mol. The highest BCUT2D eigenvalue weighted by Crippen LogP contribution is 2.34. The minimum Gasteiger partial charge on any atom is -0.339 e. The van der Waals surface area contributed by atoms with Gasteiger partial charge in [0.1, 0.15) is 0 Å². The zero-order valence-electron chi connectivity index (χ0n) is 14.3. The normalized spacial score (nSPS) is 16.1. The third-order valence-electron chi connectivity index (χ3n) is 4.45. The van der Waals surface area contributed by atoms with Gasteiger partial charge in [0, 0.05) is 31.0 Å². The largest absolute Gasteiger partial charge is 0.391 e. The number of halogens is 3. The first-order valence-electron chi connectivity index (χ1n) is 8.16. The maximum atomic E-state index is 12.8. The van der Waals surface area contributed by atoms with Crippen LogP contribution in [0.2, 0.25) is 0 Å². The molecule has 3 rings (SSSR count). The van der Waals surface area contributed by atoms with Gasteiger partial charge in [-0.05, 0) is 26.7 Å². The number of carbonyl (C=O) groups is 1. The van der Waals surface area contributed by atoms with Crippen molar-refractivity contribution in [2.24, 2.45) is 5.92 Å². The molecule has 140 valence electrons. The van der Waals surface area contributed by atoms with Gasteiger partial charge in [-0.15, -0.1) is 0 Å². The van der Waals surface area contributed by atoms with Crippen LogP contribution in [0.25, 0.3) is 5.95 Å². The first-order valence-corrected chi connectivity index (χ1v) is 8.16. The third-order valence-corrected chi connectivity index (χ3v) is 4.45. The van der Waals surface area contributed by atoms with E-state index in [1.165, 1.54) is 21.8 Å². The Balaban J connectivity index is 1.79. The van der Waals surface area contributed by atoms with Gasteiger partial charge in [0.25, 0.3) is 11.5 Å². The van der Waals surface area contributed by atoms with E-state index in [0.29, 0.717) is 11.4 Å². The number of H-pyrrole nitrogens is 1. The van der Waals surface area contributed by atoms with Gasteiger partial charge in [0.05, 0.1) is 17.2 Å². The van der Waals surface area contributed by atoms with Gasteiger partial charge in [-0.3, -0.25) is 14.6 Å². The Bertz CT molecular complexity index is 879. The topological polar surface area (TPSA) is 83.9 Å². The second kappa shape index (κ2) is 6.58. The van der Waals surface area contributed by atoms with Crippen LogP contribution in [0.3, 0.4) is 0 Å². The van der Waals surface area contributed by atoms with Gasteiger partial charge >= 0.3 is 6.18 Å². The molecule has 1 saturated heterocycles.